The Morgan fingerprint density at radius 2 is 1.63 bits per heavy atom. The van der Waals surface area contributed by atoms with Gasteiger partial charge in [0.1, 0.15) is 0 Å². The third kappa shape index (κ3) is 3.92. The van der Waals surface area contributed by atoms with E-state index in [1.54, 1.807) is 4.90 Å². The molecule has 3 aliphatic heterocycles. The van der Waals surface area contributed by atoms with Gasteiger partial charge in [0.05, 0.1) is 24.7 Å². The number of imide groups is 1. The third-order valence-corrected chi connectivity index (χ3v) is 7.62. The van der Waals surface area contributed by atoms with Crippen molar-refractivity contribution in [1.82, 2.24) is 19.4 Å². The number of amides is 4. The Hall–Kier alpha value is -2.50. The summed E-state index contributed by atoms with van der Waals surface area (Å²) < 4.78 is 32.0. The zero-order chi connectivity index (χ0) is 21.3. The lowest BCUT2D eigenvalue weighted by Crippen LogP contribution is -2.49. The maximum absolute atomic E-state index is 12.8. The average Bonchev–Trinajstić information content (AvgIpc) is 3.12. The van der Waals surface area contributed by atoms with E-state index in [2.05, 4.69) is 5.32 Å². The van der Waals surface area contributed by atoms with E-state index in [1.165, 1.54) is 33.5 Å². The summed E-state index contributed by atoms with van der Waals surface area (Å²) in [7, 11) is -3.60. The zero-order valence-electron chi connectivity index (χ0n) is 16.5. The molecule has 0 aliphatic carbocycles. The van der Waals surface area contributed by atoms with Crippen molar-refractivity contribution >= 4 is 27.9 Å². The van der Waals surface area contributed by atoms with Crippen molar-refractivity contribution in [3.8, 4) is 0 Å². The van der Waals surface area contributed by atoms with Gasteiger partial charge in [0.15, 0.2) is 0 Å². The molecule has 4 amide bonds. The fraction of sp³-hybridized carbons (Fsp3) is 0.526. The van der Waals surface area contributed by atoms with Crippen LogP contribution < -0.4 is 5.32 Å². The maximum atomic E-state index is 12.8. The first-order valence-corrected chi connectivity index (χ1v) is 11.4. The van der Waals surface area contributed by atoms with Crippen molar-refractivity contribution in [2.75, 3.05) is 45.9 Å². The van der Waals surface area contributed by atoms with Gasteiger partial charge in [-0.05, 0) is 37.1 Å². The molecule has 1 N–H and O–H groups in total. The molecule has 0 atom stereocenters. The molecule has 0 bridgehead atoms. The van der Waals surface area contributed by atoms with E-state index in [1.807, 2.05) is 0 Å². The van der Waals surface area contributed by atoms with Crippen LogP contribution in [0, 0.1) is 0 Å². The number of nitrogens with zero attached hydrogens (tertiary/aromatic N) is 3. The molecule has 3 fully saturated rings. The number of likely N-dealkylation sites (tertiary alicyclic amines) is 1. The molecule has 4 rings (SSSR count). The van der Waals surface area contributed by atoms with Crippen LogP contribution in [0.4, 0.5) is 4.79 Å². The molecule has 3 saturated heterocycles. The van der Waals surface area contributed by atoms with Crippen molar-refractivity contribution in [2.24, 2.45) is 0 Å². The van der Waals surface area contributed by atoms with Crippen molar-refractivity contribution in [3.05, 3.63) is 29.8 Å². The van der Waals surface area contributed by atoms with Crippen LogP contribution in [-0.4, -0.2) is 92.3 Å². The highest BCUT2D eigenvalue weighted by atomic mass is 32.2. The molecule has 0 spiro atoms. The predicted octanol–water partition coefficient (Wildman–Crippen LogP) is -0.136. The van der Waals surface area contributed by atoms with Crippen LogP contribution >= 0.6 is 0 Å². The lowest BCUT2D eigenvalue weighted by Gasteiger charge is -2.35. The fourth-order valence-corrected chi connectivity index (χ4v) is 5.43. The van der Waals surface area contributed by atoms with Gasteiger partial charge in [-0.15, -0.1) is 0 Å². The minimum Gasteiger partial charge on any atom is -0.379 e. The number of carbonyl (C=O) groups excluding carboxylic acids is 3. The molecule has 0 radical (unpaired) electrons. The summed E-state index contributed by atoms with van der Waals surface area (Å²) in [5, 5.41) is 2.51. The number of urea groups is 1. The van der Waals surface area contributed by atoms with Crippen molar-refractivity contribution < 1.29 is 27.5 Å². The summed E-state index contributed by atoms with van der Waals surface area (Å²) in [5.74, 6) is -0.428. The molecule has 1 aromatic rings. The fourth-order valence-electron chi connectivity index (χ4n) is 4.02. The van der Waals surface area contributed by atoms with Crippen molar-refractivity contribution in [3.63, 3.8) is 0 Å². The smallest absolute Gasteiger partial charge is 0.324 e. The number of ether oxygens (including phenoxy) is 1. The van der Waals surface area contributed by atoms with Crippen LogP contribution in [0.25, 0.3) is 0 Å². The number of rotatable bonds is 4. The molecule has 11 heteroatoms. The average molecular weight is 436 g/mol. The van der Waals surface area contributed by atoms with E-state index >= 15 is 0 Å². The first-order chi connectivity index (χ1) is 14.4. The molecule has 10 nitrogen and oxygen atoms in total. The van der Waals surface area contributed by atoms with Crippen molar-refractivity contribution in [1.29, 1.82) is 0 Å². The molecular weight excluding hydrogens is 412 g/mol. The quantitative estimate of drug-likeness (QED) is 0.657. The molecule has 30 heavy (non-hydrogen) atoms. The SMILES string of the molecule is O=C(c1ccc(S(=O)(=O)N2CCOCC2)cc1)N1CCC(N2C(=O)CNC2=O)CC1. The van der Waals surface area contributed by atoms with Gasteiger partial charge in [0, 0.05) is 37.8 Å². The summed E-state index contributed by atoms with van der Waals surface area (Å²) in [4.78, 5) is 39.5. The number of piperidine rings is 1. The van der Waals surface area contributed by atoms with E-state index in [0.29, 0.717) is 57.8 Å². The highest BCUT2D eigenvalue weighted by Crippen LogP contribution is 2.22. The van der Waals surface area contributed by atoms with Gasteiger partial charge in [-0.1, -0.05) is 0 Å². The second-order valence-corrected chi connectivity index (χ2v) is 9.42. The predicted molar refractivity (Wildman–Crippen MR) is 105 cm³/mol. The number of hydrogen-bond acceptors (Lipinski definition) is 6. The van der Waals surface area contributed by atoms with Gasteiger partial charge in [-0.25, -0.2) is 13.2 Å². The molecule has 3 heterocycles. The Balaban J connectivity index is 1.38. The minimum atomic E-state index is -3.60. The normalized spacial score (nSPS) is 21.7. The van der Waals surface area contributed by atoms with E-state index in [-0.39, 0.29) is 35.3 Å². The highest BCUT2D eigenvalue weighted by Gasteiger charge is 2.37. The van der Waals surface area contributed by atoms with Crippen molar-refractivity contribution in [2.45, 2.75) is 23.8 Å². The number of nitrogens with one attached hydrogen (secondary N) is 1. The van der Waals surface area contributed by atoms with E-state index in [9.17, 15) is 22.8 Å². The van der Waals surface area contributed by atoms with E-state index in [4.69, 9.17) is 4.74 Å². The summed E-state index contributed by atoms with van der Waals surface area (Å²) >= 11 is 0. The Bertz CT molecular complexity index is 918. The lowest BCUT2D eigenvalue weighted by molar-refractivity contribution is -0.127. The number of sulfonamides is 1. The molecule has 1 aromatic carbocycles. The Morgan fingerprint density at radius 3 is 2.20 bits per heavy atom. The molecule has 0 unspecified atom stereocenters. The highest BCUT2D eigenvalue weighted by molar-refractivity contribution is 7.89. The standard InChI is InChI=1S/C19H24N4O6S/c24-17-13-20-19(26)23(17)15-5-7-21(8-6-15)18(25)14-1-3-16(4-2-14)30(27,28)22-9-11-29-12-10-22/h1-4,15H,5-13H2,(H,20,26). The van der Waals surface area contributed by atoms with Gasteiger partial charge in [0.25, 0.3) is 5.91 Å². The third-order valence-electron chi connectivity index (χ3n) is 5.70. The topological polar surface area (TPSA) is 116 Å². The minimum absolute atomic E-state index is 0.0255. The van der Waals surface area contributed by atoms with E-state index in [0.717, 1.165) is 0 Å². The number of benzene rings is 1. The monoisotopic (exact) mass is 436 g/mol. The van der Waals surface area contributed by atoms with Gasteiger partial charge in [-0.2, -0.15) is 4.31 Å². The van der Waals surface area contributed by atoms with Crippen LogP contribution in [0.5, 0.6) is 0 Å². The molecule has 0 saturated carbocycles. The maximum Gasteiger partial charge on any atom is 0.324 e. The second-order valence-electron chi connectivity index (χ2n) is 7.49. The lowest BCUT2D eigenvalue weighted by atomic mass is 10.0. The van der Waals surface area contributed by atoms with Crippen LogP contribution in [0.1, 0.15) is 23.2 Å². The van der Waals surface area contributed by atoms with Gasteiger partial charge < -0.3 is 15.0 Å². The van der Waals surface area contributed by atoms with Crippen LogP contribution in [0.15, 0.2) is 29.2 Å². The first-order valence-electron chi connectivity index (χ1n) is 9.95. The van der Waals surface area contributed by atoms with Gasteiger partial charge >= 0.3 is 6.03 Å². The summed E-state index contributed by atoms with van der Waals surface area (Å²) in [6.07, 6.45) is 1.04. The van der Waals surface area contributed by atoms with Gasteiger partial charge in [-0.3, -0.25) is 14.5 Å². The summed E-state index contributed by atoms with van der Waals surface area (Å²) in [5.41, 5.74) is 0.407. The first kappa shape index (κ1) is 20.8. The molecule has 162 valence electrons. The summed E-state index contributed by atoms with van der Waals surface area (Å²) in [6.45, 7) is 2.25. The Morgan fingerprint density at radius 1 is 1.00 bits per heavy atom. The summed E-state index contributed by atoms with van der Waals surface area (Å²) in [6, 6.07) is 5.39. The zero-order valence-corrected chi connectivity index (χ0v) is 17.3. The molecule has 0 aromatic heterocycles. The number of carbonyl (C=O) groups is 3. The molecular formula is C19H24N4O6S. The van der Waals surface area contributed by atoms with Crippen LogP contribution in [0.3, 0.4) is 0 Å². The van der Waals surface area contributed by atoms with E-state index < -0.39 is 10.0 Å². The Labute approximate surface area is 174 Å². The number of morpholine rings is 1. The number of hydrogen-bond donors (Lipinski definition) is 1. The van der Waals surface area contributed by atoms with Crippen LogP contribution in [-0.2, 0) is 19.6 Å². The van der Waals surface area contributed by atoms with Crippen LogP contribution in [0.2, 0.25) is 0 Å². The van der Waals surface area contributed by atoms with Gasteiger partial charge in [0.2, 0.25) is 15.9 Å². The second kappa shape index (κ2) is 8.32. The largest absolute Gasteiger partial charge is 0.379 e. The molecule has 3 aliphatic rings. The Kier molecular flexibility index (Phi) is 5.76.